The molecule has 0 aliphatic rings. The van der Waals surface area contributed by atoms with E-state index in [4.69, 9.17) is 0 Å². The van der Waals surface area contributed by atoms with Gasteiger partial charge in [-0.1, -0.05) is 62.3 Å². The lowest BCUT2D eigenvalue weighted by Gasteiger charge is -2.43. The molecule has 0 aliphatic carbocycles. The Kier molecular flexibility index (Phi) is 5.55. The molecule has 24 heavy (non-hydrogen) atoms. The molecule has 0 radical (unpaired) electrons. The van der Waals surface area contributed by atoms with Crippen LogP contribution in [-0.4, -0.2) is 0 Å². The van der Waals surface area contributed by atoms with Crippen LogP contribution in [-0.2, 0) is 10.8 Å². The van der Waals surface area contributed by atoms with Gasteiger partial charge in [0.1, 0.15) is 0 Å². The summed E-state index contributed by atoms with van der Waals surface area (Å²) in [6.07, 6.45) is 0.357. The molecule has 1 unspecified atom stereocenters. The van der Waals surface area contributed by atoms with Gasteiger partial charge < -0.3 is 0 Å². The number of halogens is 4. The minimum absolute atomic E-state index is 0.189. The van der Waals surface area contributed by atoms with E-state index in [9.17, 15) is 17.6 Å². The van der Waals surface area contributed by atoms with Gasteiger partial charge in [-0.2, -0.15) is 0 Å². The second kappa shape index (κ2) is 6.34. The number of hydrogen-bond acceptors (Lipinski definition) is 0. The third-order valence-electron chi connectivity index (χ3n) is 6.27. The highest BCUT2D eigenvalue weighted by Crippen LogP contribution is 2.48. The van der Waals surface area contributed by atoms with Gasteiger partial charge in [0.05, 0.1) is 0 Å². The number of hydrogen-bond donors (Lipinski definition) is 0. The average molecular weight is 346 g/mol. The van der Waals surface area contributed by atoms with Crippen LogP contribution in [0.25, 0.3) is 0 Å². The SMILES string of the molecule is CCC(C)(c1c(F)c(F)c(C(C)(C)C(C)C)c(F)c1F)C(C)(C)C. The molecule has 0 bridgehead atoms. The van der Waals surface area contributed by atoms with Crippen LogP contribution < -0.4 is 0 Å². The Morgan fingerprint density at radius 2 is 1.04 bits per heavy atom. The standard InChI is InChI=1S/C20H30F4/c1-10-20(9,18(4,5)6)13-16(23)14(21)12(15(22)17(13)24)19(7,8)11(2)3/h11H,10H2,1-9H3. The zero-order valence-electron chi connectivity index (χ0n) is 16.3. The Labute approximate surface area is 143 Å². The molecule has 0 N–H and O–H groups in total. The van der Waals surface area contributed by atoms with Gasteiger partial charge in [-0.25, -0.2) is 17.6 Å². The maximum Gasteiger partial charge on any atom is 0.166 e. The van der Waals surface area contributed by atoms with Crippen molar-refractivity contribution >= 4 is 0 Å². The van der Waals surface area contributed by atoms with Crippen molar-refractivity contribution < 1.29 is 17.6 Å². The molecule has 0 saturated carbocycles. The monoisotopic (exact) mass is 346 g/mol. The highest BCUT2D eigenvalue weighted by Gasteiger charge is 2.45. The van der Waals surface area contributed by atoms with E-state index in [1.165, 1.54) is 0 Å². The minimum Gasteiger partial charge on any atom is -0.203 e. The summed E-state index contributed by atoms with van der Waals surface area (Å²) in [5.74, 6) is -5.27. The van der Waals surface area contributed by atoms with Gasteiger partial charge in [0, 0.05) is 16.5 Å². The van der Waals surface area contributed by atoms with Crippen LogP contribution in [0.1, 0.15) is 79.9 Å². The van der Waals surface area contributed by atoms with E-state index in [1.807, 2.05) is 20.8 Å². The van der Waals surface area contributed by atoms with E-state index in [2.05, 4.69) is 0 Å². The summed E-state index contributed by atoms with van der Waals surface area (Å²) in [6, 6.07) is 0. The van der Waals surface area contributed by atoms with Crippen LogP contribution in [0.3, 0.4) is 0 Å². The molecule has 4 heteroatoms. The second-order valence-electron chi connectivity index (χ2n) is 8.82. The molecule has 0 nitrogen and oxygen atoms in total. The molecule has 1 rings (SSSR count). The molecule has 138 valence electrons. The van der Waals surface area contributed by atoms with Crippen molar-refractivity contribution in [1.29, 1.82) is 0 Å². The summed E-state index contributed by atoms with van der Waals surface area (Å²) in [5.41, 5.74) is -3.64. The van der Waals surface area contributed by atoms with E-state index in [0.29, 0.717) is 6.42 Å². The minimum atomic E-state index is -1.27. The molecular formula is C20H30F4. The molecule has 1 aromatic carbocycles. The Balaban J connectivity index is 3.91. The Bertz CT molecular complexity index is 595. The number of benzene rings is 1. The summed E-state index contributed by atoms with van der Waals surface area (Å²) in [7, 11) is 0. The molecule has 0 heterocycles. The van der Waals surface area contributed by atoms with Crippen molar-refractivity contribution in [2.24, 2.45) is 11.3 Å². The molecule has 1 atom stereocenters. The molecular weight excluding hydrogens is 316 g/mol. The van der Waals surface area contributed by atoms with Crippen LogP contribution in [0.15, 0.2) is 0 Å². The maximum absolute atomic E-state index is 14.9. The zero-order valence-corrected chi connectivity index (χ0v) is 16.3. The highest BCUT2D eigenvalue weighted by atomic mass is 19.2. The third kappa shape index (κ3) is 2.97. The topological polar surface area (TPSA) is 0 Å². The van der Waals surface area contributed by atoms with Crippen LogP contribution in [0.4, 0.5) is 17.6 Å². The quantitative estimate of drug-likeness (QED) is 0.411. The number of rotatable bonds is 4. The van der Waals surface area contributed by atoms with Gasteiger partial charge in [0.2, 0.25) is 0 Å². The molecule has 0 aromatic heterocycles. The Hall–Kier alpha value is -1.06. The predicted molar refractivity (Wildman–Crippen MR) is 91.2 cm³/mol. The summed E-state index contributed by atoms with van der Waals surface area (Å²) < 4.78 is 59.5. The first-order valence-corrected chi connectivity index (χ1v) is 8.51. The Morgan fingerprint density at radius 1 is 0.708 bits per heavy atom. The van der Waals surface area contributed by atoms with Gasteiger partial charge in [0.25, 0.3) is 0 Å². The molecule has 0 fully saturated rings. The van der Waals surface area contributed by atoms with E-state index in [0.717, 1.165) is 0 Å². The first-order chi connectivity index (χ1) is 10.6. The zero-order chi connectivity index (χ0) is 19.2. The van der Waals surface area contributed by atoms with Crippen molar-refractivity contribution in [2.75, 3.05) is 0 Å². The third-order valence-corrected chi connectivity index (χ3v) is 6.27. The van der Waals surface area contributed by atoms with Crippen molar-refractivity contribution in [3.63, 3.8) is 0 Å². The van der Waals surface area contributed by atoms with Gasteiger partial charge >= 0.3 is 0 Å². The lowest BCUT2D eigenvalue weighted by atomic mass is 9.61. The van der Waals surface area contributed by atoms with Crippen molar-refractivity contribution in [3.05, 3.63) is 34.4 Å². The lowest BCUT2D eigenvalue weighted by Crippen LogP contribution is -2.40. The van der Waals surface area contributed by atoms with Crippen LogP contribution >= 0.6 is 0 Å². The van der Waals surface area contributed by atoms with Gasteiger partial charge in [-0.3, -0.25) is 0 Å². The normalized spacial score (nSPS) is 15.8. The van der Waals surface area contributed by atoms with Gasteiger partial charge in [0.15, 0.2) is 23.3 Å². The van der Waals surface area contributed by atoms with E-state index >= 15 is 0 Å². The fourth-order valence-electron chi connectivity index (χ4n) is 3.05. The Morgan fingerprint density at radius 3 is 1.29 bits per heavy atom. The van der Waals surface area contributed by atoms with Crippen LogP contribution in [0.2, 0.25) is 0 Å². The maximum atomic E-state index is 14.9. The van der Waals surface area contributed by atoms with Crippen LogP contribution in [0.5, 0.6) is 0 Å². The van der Waals surface area contributed by atoms with E-state index in [1.54, 1.807) is 41.5 Å². The molecule has 0 spiro atoms. The van der Waals surface area contributed by atoms with Gasteiger partial charge in [-0.05, 0) is 23.2 Å². The van der Waals surface area contributed by atoms with E-state index in [-0.39, 0.29) is 5.92 Å². The summed E-state index contributed by atoms with van der Waals surface area (Å²) in [4.78, 5) is 0. The summed E-state index contributed by atoms with van der Waals surface area (Å²) >= 11 is 0. The predicted octanol–water partition coefficient (Wildman–Crippen LogP) is 6.89. The fourth-order valence-corrected chi connectivity index (χ4v) is 3.05. The first kappa shape index (κ1) is 21.0. The molecule has 0 amide bonds. The van der Waals surface area contributed by atoms with Crippen molar-refractivity contribution in [1.82, 2.24) is 0 Å². The first-order valence-electron chi connectivity index (χ1n) is 8.51. The van der Waals surface area contributed by atoms with Crippen molar-refractivity contribution in [3.8, 4) is 0 Å². The molecule has 0 saturated heterocycles. The average Bonchev–Trinajstić information content (AvgIpc) is 2.43. The molecule has 0 aliphatic heterocycles. The second-order valence-corrected chi connectivity index (χ2v) is 8.82. The fraction of sp³-hybridized carbons (Fsp3) is 0.700. The smallest absolute Gasteiger partial charge is 0.166 e. The van der Waals surface area contributed by atoms with Crippen molar-refractivity contribution in [2.45, 2.75) is 79.6 Å². The molecule has 1 aromatic rings. The summed E-state index contributed by atoms with van der Waals surface area (Å²) in [6.45, 7) is 15.6. The lowest BCUT2D eigenvalue weighted by molar-refractivity contribution is 0.178. The van der Waals surface area contributed by atoms with E-state index < -0.39 is 50.6 Å². The summed E-state index contributed by atoms with van der Waals surface area (Å²) in [5, 5.41) is 0. The largest absolute Gasteiger partial charge is 0.203 e. The van der Waals surface area contributed by atoms with Crippen LogP contribution in [0, 0.1) is 34.6 Å². The van der Waals surface area contributed by atoms with Gasteiger partial charge in [-0.15, -0.1) is 0 Å². The highest BCUT2D eigenvalue weighted by molar-refractivity contribution is 5.39.